The summed E-state index contributed by atoms with van der Waals surface area (Å²) < 4.78 is 2.01. The van der Waals surface area contributed by atoms with Crippen LogP contribution < -0.4 is 16.4 Å². The van der Waals surface area contributed by atoms with Crippen LogP contribution in [0.25, 0.3) is 0 Å². The summed E-state index contributed by atoms with van der Waals surface area (Å²) in [4.78, 5) is 12.4. The van der Waals surface area contributed by atoms with E-state index in [-0.39, 0.29) is 0 Å². The fourth-order valence-electron chi connectivity index (χ4n) is 2.29. The zero-order valence-corrected chi connectivity index (χ0v) is 14.8. The molecular formula is C16H17Cl2N7. The first-order chi connectivity index (χ1) is 12.1. The summed E-state index contributed by atoms with van der Waals surface area (Å²) in [5.74, 6) is 1.07. The molecule has 0 aliphatic carbocycles. The molecule has 0 amide bonds. The quantitative estimate of drug-likeness (QED) is 0.542. The molecule has 1 aromatic carbocycles. The Hall–Kier alpha value is -2.51. The first-order valence-corrected chi connectivity index (χ1v) is 8.40. The van der Waals surface area contributed by atoms with Gasteiger partial charge in [-0.25, -0.2) is 15.0 Å². The van der Waals surface area contributed by atoms with Crippen LogP contribution in [-0.4, -0.2) is 26.1 Å². The zero-order valence-electron chi connectivity index (χ0n) is 13.3. The van der Waals surface area contributed by atoms with Crippen LogP contribution in [0.4, 0.5) is 23.0 Å². The van der Waals surface area contributed by atoms with Gasteiger partial charge in [0.15, 0.2) is 11.6 Å². The van der Waals surface area contributed by atoms with Crippen LogP contribution in [0.3, 0.4) is 0 Å². The molecule has 3 rings (SSSR count). The lowest BCUT2D eigenvalue weighted by Gasteiger charge is -2.13. The van der Waals surface area contributed by atoms with Crippen molar-refractivity contribution in [3.8, 4) is 0 Å². The Morgan fingerprint density at radius 2 is 1.84 bits per heavy atom. The second-order valence-corrected chi connectivity index (χ2v) is 6.22. The van der Waals surface area contributed by atoms with Gasteiger partial charge in [-0.15, -0.1) is 0 Å². The van der Waals surface area contributed by atoms with Gasteiger partial charge in [-0.2, -0.15) is 0 Å². The SMILES string of the molecule is Nc1c(NCCCn2ccnc2)ncnc1Nc1cc(Cl)cc(Cl)c1. The summed E-state index contributed by atoms with van der Waals surface area (Å²) in [6.45, 7) is 1.59. The second kappa shape index (κ2) is 8.04. The van der Waals surface area contributed by atoms with E-state index < -0.39 is 0 Å². The minimum absolute atomic E-state index is 0.432. The molecule has 0 atom stereocenters. The zero-order chi connectivity index (χ0) is 17.6. The maximum Gasteiger partial charge on any atom is 0.159 e. The molecule has 130 valence electrons. The average molecular weight is 378 g/mol. The van der Waals surface area contributed by atoms with Crippen molar-refractivity contribution in [3.05, 3.63) is 53.3 Å². The fraction of sp³-hybridized carbons (Fsp3) is 0.188. The molecule has 2 aromatic heterocycles. The molecule has 2 heterocycles. The van der Waals surface area contributed by atoms with Crippen molar-refractivity contribution in [1.82, 2.24) is 19.5 Å². The number of hydrogen-bond acceptors (Lipinski definition) is 6. The number of hydrogen-bond donors (Lipinski definition) is 3. The molecule has 3 aromatic rings. The lowest BCUT2D eigenvalue weighted by Crippen LogP contribution is -2.10. The number of benzene rings is 1. The molecule has 0 aliphatic rings. The molecule has 4 N–H and O–H groups in total. The third-order valence-corrected chi connectivity index (χ3v) is 3.89. The van der Waals surface area contributed by atoms with E-state index >= 15 is 0 Å². The van der Waals surface area contributed by atoms with Crippen LogP contribution in [0.15, 0.2) is 43.2 Å². The standard InChI is InChI=1S/C16H17Cl2N7/c17-11-6-12(18)8-13(7-11)24-16-14(19)15(22-9-23-16)21-2-1-4-25-5-3-20-10-25/h3,5-10H,1-2,4,19H2,(H2,21,22,23,24). The lowest BCUT2D eigenvalue weighted by molar-refractivity contribution is 0.660. The van der Waals surface area contributed by atoms with E-state index in [0.29, 0.717) is 33.1 Å². The van der Waals surface area contributed by atoms with E-state index in [9.17, 15) is 0 Å². The third-order valence-electron chi connectivity index (χ3n) is 3.45. The van der Waals surface area contributed by atoms with Crippen LogP contribution in [0, 0.1) is 0 Å². The monoisotopic (exact) mass is 377 g/mol. The Balaban J connectivity index is 1.63. The summed E-state index contributed by atoms with van der Waals surface area (Å²) >= 11 is 12.0. The number of nitrogen functional groups attached to an aromatic ring is 1. The van der Waals surface area contributed by atoms with Gasteiger partial charge in [-0.1, -0.05) is 23.2 Å². The maximum atomic E-state index is 6.15. The maximum absolute atomic E-state index is 6.15. The topological polar surface area (TPSA) is 93.7 Å². The van der Waals surface area contributed by atoms with Gasteiger partial charge >= 0.3 is 0 Å². The normalized spacial score (nSPS) is 10.6. The van der Waals surface area contributed by atoms with Crippen LogP contribution in [-0.2, 0) is 6.54 Å². The number of anilines is 4. The molecule has 7 nitrogen and oxygen atoms in total. The van der Waals surface area contributed by atoms with Crippen molar-refractivity contribution in [1.29, 1.82) is 0 Å². The Labute approximate surface area is 155 Å². The van der Waals surface area contributed by atoms with Gasteiger partial charge in [-0.3, -0.25) is 0 Å². The molecule has 25 heavy (non-hydrogen) atoms. The Morgan fingerprint density at radius 1 is 1.08 bits per heavy atom. The summed E-state index contributed by atoms with van der Waals surface area (Å²) in [5, 5.41) is 7.39. The van der Waals surface area contributed by atoms with Crippen molar-refractivity contribution < 1.29 is 0 Å². The van der Waals surface area contributed by atoms with E-state index in [0.717, 1.165) is 19.5 Å². The molecule has 0 fully saturated rings. The number of nitrogens with two attached hydrogens (primary N) is 1. The Morgan fingerprint density at radius 3 is 2.56 bits per heavy atom. The summed E-state index contributed by atoms with van der Waals surface area (Å²) in [7, 11) is 0. The van der Waals surface area contributed by atoms with E-state index in [1.807, 2.05) is 10.8 Å². The van der Waals surface area contributed by atoms with Crippen LogP contribution >= 0.6 is 23.2 Å². The van der Waals surface area contributed by atoms with Crippen molar-refractivity contribution in [2.75, 3.05) is 22.9 Å². The Kier molecular flexibility index (Phi) is 5.57. The van der Waals surface area contributed by atoms with Gasteiger partial charge in [-0.05, 0) is 24.6 Å². The molecule has 9 heteroatoms. The Bertz CT molecular complexity index is 816. The van der Waals surface area contributed by atoms with Crippen molar-refractivity contribution in [2.45, 2.75) is 13.0 Å². The largest absolute Gasteiger partial charge is 0.393 e. The highest BCUT2D eigenvalue weighted by Gasteiger charge is 2.09. The first-order valence-electron chi connectivity index (χ1n) is 7.65. The molecule has 0 radical (unpaired) electrons. The number of imidazole rings is 1. The third kappa shape index (κ3) is 4.74. The summed E-state index contributed by atoms with van der Waals surface area (Å²) in [6.07, 6.45) is 7.83. The number of halogens is 2. The second-order valence-electron chi connectivity index (χ2n) is 5.35. The van der Waals surface area contributed by atoms with Gasteiger partial charge < -0.3 is 20.9 Å². The van der Waals surface area contributed by atoms with Crippen molar-refractivity contribution >= 4 is 46.2 Å². The number of rotatable bonds is 7. The van der Waals surface area contributed by atoms with Crippen molar-refractivity contribution in [3.63, 3.8) is 0 Å². The summed E-state index contributed by atoms with van der Waals surface area (Å²) in [5.41, 5.74) is 7.29. The minimum atomic E-state index is 0.432. The smallest absolute Gasteiger partial charge is 0.159 e. The van der Waals surface area contributed by atoms with E-state index in [1.54, 1.807) is 30.7 Å². The van der Waals surface area contributed by atoms with Crippen molar-refractivity contribution in [2.24, 2.45) is 0 Å². The van der Waals surface area contributed by atoms with Gasteiger partial charge in [0.1, 0.15) is 12.0 Å². The number of nitrogens with zero attached hydrogens (tertiary/aromatic N) is 4. The lowest BCUT2D eigenvalue weighted by atomic mass is 10.3. The van der Waals surface area contributed by atoms with E-state index in [2.05, 4.69) is 25.6 Å². The van der Waals surface area contributed by atoms with Gasteiger partial charge in [0.25, 0.3) is 0 Å². The number of nitrogens with one attached hydrogen (secondary N) is 2. The predicted octanol–water partition coefficient (Wildman–Crippen LogP) is 3.81. The first kappa shape index (κ1) is 17.3. The molecule has 0 saturated heterocycles. The van der Waals surface area contributed by atoms with Gasteiger partial charge in [0.2, 0.25) is 0 Å². The minimum Gasteiger partial charge on any atom is -0.393 e. The number of aromatic nitrogens is 4. The van der Waals surface area contributed by atoms with Crippen LogP contribution in [0.1, 0.15) is 6.42 Å². The average Bonchev–Trinajstić information content (AvgIpc) is 3.07. The molecule has 0 bridgehead atoms. The highest BCUT2D eigenvalue weighted by atomic mass is 35.5. The molecule has 0 aliphatic heterocycles. The molecular weight excluding hydrogens is 361 g/mol. The predicted molar refractivity (Wildman–Crippen MR) is 102 cm³/mol. The highest BCUT2D eigenvalue weighted by molar-refractivity contribution is 6.35. The molecule has 0 spiro atoms. The molecule has 0 unspecified atom stereocenters. The fourth-order valence-corrected chi connectivity index (χ4v) is 2.81. The highest BCUT2D eigenvalue weighted by Crippen LogP contribution is 2.29. The molecule has 0 saturated carbocycles. The van der Waals surface area contributed by atoms with Gasteiger partial charge in [0, 0.05) is 41.2 Å². The van der Waals surface area contributed by atoms with E-state index in [1.165, 1.54) is 6.33 Å². The van der Waals surface area contributed by atoms with Crippen LogP contribution in [0.2, 0.25) is 10.0 Å². The van der Waals surface area contributed by atoms with E-state index in [4.69, 9.17) is 28.9 Å². The van der Waals surface area contributed by atoms with Gasteiger partial charge in [0.05, 0.1) is 6.33 Å². The summed E-state index contributed by atoms with van der Waals surface area (Å²) in [6, 6.07) is 5.14. The number of aryl methyl sites for hydroxylation is 1. The van der Waals surface area contributed by atoms with Crippen LogP contribution in [0.5, 0.6) is 0 Å².